The van der Waals surface area contributed by atoms with Gasteiger partial charge in [0.05, 0.1) is 6.54 Å². The highest BCUT2D eigenvalue weighted by Gasteiger charge is 2.10. The fraction of sp³-hybridized carbons (Fsp3) is 0.0952. The number of carbonyl (C=O) groups excluding carboxylic acids is 1. The zero-order valence-electron chi connectivity index (χ0n) is 13.9. The van der Waals surface area contributed by atoms with Gasteiger partial charge in [-0.15, -0.1) is 0 Å². The monoisotopic (exact) mass is 349 g/mol. The Morgan fingerprint density at radius 3 is 2.58 bits per heavy atom. The molecular weight excluding hydrogens is 333 g/mol. The van der Waals surface area contributed by atoms with Gasteiger partial charge in [0, 0.05) is 5.56 Å². The Bertz CT molecular complexity index is 921. The number of amides is 1. The molecule has 0 radical (unpaired) electrons. The molecule has 0 unspecified atom stereocenters. The van der Waals surface area contributed by atoms with E-state index in [2.05, 4.69) is 17.2 Å². The molecule has 2 aromatic carbocycles. The predicted octanol–water partition coefficient (Wildman–Crippen LogP) is 3.78. The second-order valence-electron chi connectivity index (χ2n) is 5.36. The zero-order valence-corrected chi connectivity index (χ0v) is 13.9. The Kier molecular flexibility index (Phi) is 5.69. The van der Waals surface area contributed by atoms with Crippen molar-refractivity contribution in [3.05, 3.63) is 89.6 Å². The Balaban J connectivity index is 1.48. The molecule has 0 aliphatic heterocycles. The van der Waals surface area contributed by atoms with Crippen LogP contribution in [0.5, 0.6) is 5.75 Å². The predicted molar refractivity (Wildman–Crippen MR) is 95.1 cm³/mol. The number of carbonyl (C=O) groups is 1. The highest BCUT2D eigenvalue weighted by atomic mass is 19.1. The number of hydrogen-bond acceptors (Lipinski definition) is 3. The van der Waals surface area contributed by atoms with E-state index in [1.807, 2.05) is 30.3 Å². The van der Waals surface area contributed by atoms with E-state index in [9.17, 15) is 9.18 Å². The largest absolute Gasteiger partial charge is 0.486 e. The number of nitrogens with one attached hydrogen (secondary N) is 1. The van der Waals surface area contributed by atoms with Crippen molar-refractivity contribution in [3.63, 3.8) is 0 Å². The van der Waals surface area contributed by atoms with Crippen LogP contribution in [0.4, 0.5) is 4.39 Å². The lowest BCUT2D eigenvalue weighted by molar-refractivity contribution is 0.0927. The maximum absolute atomic E-state index is 12.8. The zero-order chi connectivity index (χ0) is 18.2. The van der Waals surface area contributed by atoms with Crippen molar-refractivity contribution in [3.8, 4) is 17.6 Å². The van der Waals surface area contributed by atoms with E-state index < -0.39 is 0 Å². The summed E-state index contributed by atoms with van der Waals surface area (Å²) in [5.74, 6) is 6.36. The summed E-state index contributed by atoms with van der Waals surface area (Å²) in [6.07, 6.45) is 0. The summed E-state index contributed by atoms with van der Waals surface area (Å²) < 4.78 is 23.8. The smallest absolute Gasteiger partial charge is 0.287 e. The van der Waals surface area contributed by atoms with Gasteiger partial charge in [-0.2, -0.15) is 0 Å². The molecule has 0 aliphatic carbocycles. The summed E-state index contributed by atoms with van der Waals surface area (Å²) in [7, 11) is 0. The fourth-order valence-corrected chi connectivity index (χ4v) is 2.14. The second-order valence-corrected chi connectivity index (χ2v) is 5.36. The van der Waals surface area contributed by atoms with E-state index in [1.54, 1.807) is 12.1 Å². The van der Waals surface area contributed by atoms with Crippen LogP contribution in [0.25, 0.3) is 0 Å². The quantitative estimate of drug-likeness (QED) is 0.713. The summed E-state index contributed by atoms with van der Waals surface area (Å²) in [6, 6.07) is 18.4. The SMILES string of the molecule is O=C(NCC#Cc1ccccc1)c1ccc(COc2ccc(F)cc2)o1. The van der Waals surface area contributed by atoms with Gasteiger partial charge in [0.2, 0.25) is 0 Å². The van der Waals surface area contributed by atoms with Crippen LogP contribution in [0.3, 0.4) is 0 Å². The minimum atomic E-state index is -0.347. The maximum atomic E-state index is 12.8. The third kappa shape index (κ3) is 4.99. The van der Waals surface area contributed by atoms with Crippen molar-refractivity contribution >= 4 is 5.91 Å². The molecule has 130 valence electrons. The van der Waals surface area contributed by atoms with Gasteiger partial charge in [0.25, 0.3) is 5.91 Å². The average molecular weight is 349 g/mol. The van der Waals surface area contributed by atoms with E-state index in [4.69, 9.17) is 9.15 Å². The van der Waals surface area contributed by atoms with Crippen molar-refractivity contribution in [2.75, 3.05) is 6.54 Å². The Morgan fingerprint density at radius 2 is 1.81 bits per heavy atom. The van der Waals surface area contributed by atoms with Crippen molar-refractivity contribution in [1.82, 2.24) is 5.32 Å². The van der Waals surface area contributed by atoms with Crippen LogP contribution in [-0.2, 0) is 6.61 Å². The van der Waals surface area contributed by atoms with Crippen LogP contribution in [0, 0.1) is 17.7 Å². The first kappa shape index (κ1) is 17.3. The van der Waals surface area contributed by atoms with Gasteiger partial charge < -0.3 is 14.5 Å². The van der Waals surface area contributed by atoms with E-state index in [-0.39, 0.29) is 30.6 Å². The highest BCUT2D eigenvalue weighted by molar-refractivity contribution is 5.91. The van der Waals surface area contributed by atoms with Crippen LogP contribution in [0.2, 0.25) is 0 Å². The lowest BCUT2D eigenvalue weighted by Crippen LogP contribution is -2.23. The van der Waals surface area contributed by atoms with Crippen molar-refractivity contribution in [2.45, 2.75) is 6.61 Å². The molecule has 0 spiro atoms. The molecule has 1 aromatic heterocycles. The lowest BCUT2D eigenvalue weighted by atomic mass is 10.2. The molecule has 0 saturated heterocycles. The minimum absolute atomic E-state index is 0.146. The number of rotatable bonds is 5. The first-order chi connectivity index (χ1) is 12.7. The van der Waals surface area contributed by atoms with E-state index in [0.29, 0.717) is 11.5 Å². The van der Waals surface area contributed by atoms with Gasteiger partial charge in [-0.3, -0.25) is 4.79 Å². The van der Waals surface area contributed by atoms with Crippen LogP contribution in [-0.4, -0.2) is 12.5 Å². The number of benzene rings is 2. The Hall–Kier alpha value is -3.52. The molecule has 3 rings (SSSR count). The van der Waals surface area contributed by atoms with Gasteiger partial charge in [0.15, 0.2) is 5.76 Å². The van der Waals surface area contributed by atoms with Crippen molar-refractivity contribution in [1.29, 1.82) is 0 Å². The van der Waals surface area contributed by atoms with Gasteiger partial charge in [-0.25, -0.2) is 4.39 Å². The molecule has 0 atom stereocenters. The molecule has 0 aliphatic rings. The van der Waals surface area contributed by atoms with Gasteiger partial charge in [-0.05, 0) is 48.5 Å². The molecule has 0 fully saturated rings. The maximum Gasteiger partial charge on any atom is 0.287 e. The van der Waals surface area contributed by atoms with E-state index in [0.717, 1.165) is 5.56 Å². The molecule has 1 N–H and O–H groups in total. The third-order valence-electron chi connectivity index (χ3n) is 3.42. The molecule has 3 aromatic rings. The molecule has 0 bridgehead atoms. The van der Waals surface area contributed by atoms with Crippen LogP contribution in [0.1, 0.15) is 21.9 Å². The molecule has 26 heavy (non-hydrogen) atoms. The van der Waals surface area contributed by atoms with Gasteiger partial charge >= 0.3 is 0 Å². The summed E-state index contributed by atoms with van der Waals surface area (Å²) in [5, 5.41) is 2.67. The minimum Gasteiger partial charge on any atom is -0.486 e. The van der Waals surface area contributed by atoms with Crippen molar-refractivity contribution in [2.24, 2.45) is 0 Å². The van der Waals surface area contributed by atoms with Crippen molar-refractivity contribution < 1.29 is 18.3 Å². The number of hydrogen-bond donors (Lipinski definition) is 1. The molecule has 5 heteroatoms. The van der Waals surface area contributed by atoms with Gasteiger partial charge in [0.1, 0.15) is 23.9 Å². The lowest BCUT2D eigenvalue weighted by Gasteiger charge is -2.03. The summed E-state index contributed by atoms with van der Waals surface area (Å²) in [5.41, 5.74) is 0.889. The molecule has 0 saturated carbocycles. The fourth-order valence-electron chi connectivity index (χ4n) is 2.14. The first-order valence-corrected chi connectivity index (χ1v) is 8.00. The normalized spacial score (nSPS) is 9.88. The first-order valence-electron chi connectivity index (χ1n) is 8.00. The molecular formula is C21H16FNO3. The Morgan fingerprint density at radius 1 is 1.04 bits per heavy atom. The second kappa shape index (κ2) is 8.54. The van der Waals surface area contributed by atoms with Gasteiger partial charge in [-0.1, -0.05) is 30.0 Å². The number of ether oxygens (including phenoxy) is 1. The number of halogens is 1. The highest BCUT2D eigenvalue weighted by Crippen LogP contribution is 2.15. The summed E-state index contributed by atoms with van der Waals surface area (Å²) >= 11 is 0. The van der Waals surface area contributed by atoms with Crippen LogP contribution in [0.15, 0.2) is 71.1 Å². The standard InChI is InChI=1S/C21H16FNO3/c22-17-8-10-18(11-9-17)25-15-19-12-13-20(26-19)21(24)23-14-4-7-16-5-2-1-3-6-16/h1-3,5-6,8-13H,14-15H2,(H,23,24). The van der Waals surface area contributed by atoms with Crippen LogP contribution >= 0.6 is 0 Å². The average Bonchev–Trinajstić information content (AvgIpc) is 3.15. The molecule has 1 amide bonds. The van der Waals surface area contributed by atoms with Crippen LogP contribution < -0.4 is 10.1 Å². The Labute approximate surface area is 150 Å². The molecule has 4 nitrogen and oxygen atoms in total. The van der Waals surface area contributed by atoms with E-state index >= 15 is 0 Å². The molecule has 1 heterocycles. The summed E-state index contributed by atoms with van der Waals surface area (Å²) in [6.45, 7) is 0.364. The number of furan rings is 1. The topological polar surface area (TPSA) is 51.5 Å². The van der Waals surface area contributed by atoms with E-state index in [1.165, 1.54) is 24.3 Å². The summed E-state index contributed by atoms with van der Waals surface area (Å²) in [4.78, 5) is 12.0. The third-order valence-corrected chi connectivity index (χ3v) is 3.42.